The maximum absolute atomic E-state index is 10.8. The molecule has 2 aromatic heterocycles. The Morgan fingerprint density at radius 3 is 2.94 bits per heavy atom. The standard InChI is InChI=1S/C11H7N3O2/c15-11(16)9-5-10-12-8-4-2-1-3-7(8)6-14(10)13-9/h1-6H,(H,15,16). The average molecular weight is 213 g/mol. The van der Waals surface area contributed by atoms with Gasteiger partial charge in [-0.2, -0.15) is 5.10 Å². The Morgan fingerprint density at radius 1 is 1.31 bits per heavy atom. The number of rotatable bonds is 1. The van der Waals surface area contributed by atoms with Crippen molar-refractivity contribution in [1.82, 2.24) is 14.6 Å². The first-order chi connectivity index (χ1) is 7.74. The minimum atomic E-state index is -1.05. The molecule has 2 heterocycles. The van der Waals surface area contributed by atoms with Gasteiger partial charge in [0.05, 0.1) is 5.52 Å². The van der Waals surface area contributed by atoms with Gasteiger partial charge in [-0.05, 0) is 6.07 Å². The number of aromatic nitrogens is 3. The molecular weight excluding hydrogens is 206 g/mol. The first-order valence-corrected chi connectivity index (χ1v) is 4.72. The predicted molar refractivity (Wildman–Crippen MR) is 57.5 cm³/mol. The second-order valence-corrected chi connectivity index (χ2v) is 3.44. The molecule has 0 unspecified atom stereocenters. The zero-order valence-corrected chi connectivity index (χ0v) is 8.16. The van der Waals surface area contributed by atoms with E-state index < -0.39 is 5.97 Å². The average Bonchev–Trinajstić information content (AvgIpc) is 2.68. The molecule has 0 aliphatic rings. The fraction of sp³-hybridized carbons (Fsp3) is 0. The molecule has 0 aliphatic heterocycles. The van der Waals surface area contributed by atoms with Gasteiger partial charge in [-0.25, -0.2) is 14.3 Å². The molecule has 3 aromatic rings. The highest BCUT2D eigenvalue weighted by Crippen LogP contribution is 2.13. The number of carboxylic acid groups (broad SMARTS) is 1. The molecule has 1 N–H and O–H groups in total. The summed E-state index contributed by atoms with van der Waals surface area (Å²) in [5.41, 5.74) is 1.37. The Labute approximate surface area is 90.0 Å². The Kier molecular flexibility index (Phi) is 1.67. The molecule has 5 nitrogen and oxygen atoms in total. The summed E-state index contributed by atoms with van der Waals surface area (Å²) in [5, 5.41) is 13.7. The van der Waals surface area contributed by atoms with Crippen LogP contribution < -0.4 is 0 Å². The van der Waals surface area contributed by atoms with E-state index in [1.807, 2.05) is 24.3 Å². The lowest BCUT2D eigenvalue weighted by Crippen LogP contribution is -1.97. The van der Waals surface area contributed by atoms with Crippen molar-refractivity contribution in [3.05, 3.63) is 42.2 Å². The fourth-order valence-corrected chi connectivity index (χ4v) is 1.62. The van der Waals surface area contributed by atoms with Crippen molar-refractivity contribution in [2.24, 2.45) is 0 Å². The molecule has 3 rings (SSSR count). The minimum Gasteiger partial charge on any atom is -0.476 e. The lowest BCUT2D eigenvalue weighted by molar-refractivity contribution is 0.0690. The van der Waals surface area contributed by atoms with Crippen LogP contribution in [0.1, 0.15) is 10.5 Å². The number of nitrogens with zero attached hydrogens (tertiary/aromatic N) is 3. The Balaban J connectivity index is 2.38. The third kappa shape index (κ3) is 1.22. The summed E-state index contributed by atoms with van der Waals surface area (Å²) in [6, 6.07) is 9.03. The van der Waals surface area contributed by atoms with Crippen LogP contribution in [0.3, 0.4) is 0 Å². The van der Waals surface area contributed by atoms with Crippen LogP contribution in [0.5, 0.6) is 0 Å². The van der Waals surface area contributed by atoms with Gasteiger partial charge in [-0.15, -0.1) is 0 Å². The van der Waals surface area contributed by atoms with E-state index >= 15 is 0 Å². The molecule has 0 saturated carbocycles. The molecule has 16 heavy (non-hydrogen) atoms. The van der Waals surface area contributed by atoms with Crippen LogP contribution in [0.25, 0.3) is 16.6 Å². The van der Waals surface area contributed by atoms with E-state index in [1.165, 1.54) is 10.6 Å². The van der Waals surface area contributed by atoms with Crippen molar-refractivity contribution >= 4 is 22.5 Å². The van der Waals surface area contributed by atoms with Crippen LogP contribution in [0.2, 0.25) is 0 Å². The molecule has 0 atom stereocenters. The van der Waals surface area contributed by atoms with Gasteiger partial charge >= 0.3 is 5.97 Å². The lowest BCUT2D eigenvalue weighted by Gasteiger charge is -1.96. The molecule has 0 amide bonds. The van der Waals surface area contributed by atoms with Crippen LogP contribution in [0.4, 0.5) is 0 Å². The lowest BCUT2D eigenvalue weighted by atomic mass is 10.2. The summed E-state index contributed by atoms with van der Waals surface area (Å²) in [6.45, 7) is 0. The fourth-order valence-electron chi connectivity index (χ4n) is 1.62. The van der Waals surface area contributed by atoms with Gasteiger partial charge in [0, 0.05) is 17.6 Å². The molecule has 0 aliphatic carbocycles. The third-order valence-corrected chi connectivity index (χ3v) is 2.37. The van der Waals surface area contributed by atoms with Gasteiger partial charge in [-0.1, -0.05) is 18.2 Å². The Morgan fingerprint density at radius 2 is 2.12 bits per heavy atom. The number of para-hydroxylation sites is 1. The maximum Gasteiger partial charge on any atom is 0.356 e. The van der Waals surface area contributed by atoms with E-state index in [0.29, 0.717) is 5.65 Å². The van der Waals surface area contributed by atoms with Gasteiger partial charge < -0.3 is 5.11 Å². The van der Waals surface area contributed by atoms with Gasteiger partial charge in [0.15, 0.2) is 11.3 Å². The normalized spacial score (nSPS) is 11.0. The maximum atomic E-state index is 10.8. The summed E-state index contributed by atoms with van der Waals surface area (Å²) in [5.74, 6) is -1.05. The number of carbonyl (C=O) groups is 1. The number of fused-ring (bicyclic) bond motifs is 2. The first-order valence-electron chi connectivity index (χ1n) is 4.72. The molecule has 0 spiro atoms. The second kappa shape index (κ2) is 3.03. The zero-order chi connectivity index (χ0) is 11.1. The molecule has 5 heteroatoms. The largest absolute Gasteiger partial charge is 0.476 e. The molecule has 0 radical (unpaired) electrons. The summed E-state index contributed by atoms with van der Waals surface area (Å²) in [4.78, 5) is 15.1. The van der Waals surface area contributed by atoms with E-state index in [-0.39, 0.29) is 5.69 Å². The molecular formula is C11H7N3O2. The molecule has 0 bridgehead atoms. The molecule has 0 saturated heterocycles. The quantitative estimate of drug-likeness (QED) is 0.666. The van der Waals surface area contributed by atoms with Gasteiger partial charge in [0.25, 0.3) is 0 Å². The smallest absolute Gasteiger partial charge is 0.356 e. The Hall–Kier alpha value is -2.43. The predicted octanol–water partition coefficient (Wildman–Crippen LogP) is 1.58. The molecule has 0 fully saturated rings. The number of benzene rings is 1. The van der Waals surface area contributed by atoms with Gasteiger partial charge in [0.2, 0.25) is 0 Å². The van der Waals surface area contributed by atoms with Crippen LogP contribution in [0.15, 0.2) is 36.5 Å². The van der Waals surface area contributed by atoms with Gasteiger partial charge in [-0.3, -0.25) is 0 Å². The second-order valence-electron chi connectivity index (χ2n) is 3.44. The van der Waals surface area contributed by atoms with E-state index in [4.69, 9.17) is 5.11 Å². The van der Waals surface area contributed by atoms with E-state index in [1.54, 1.807) is 6.20 Å². The number of carboxylic acids is 1. The van der Waals surface area contributed by atoms with E-state index in [9.17, 15) is 4.79 Å². The highest BCUT2D eigenvalue weighted by molar-refractivity contribution is 5.87. The minimum absolute atomic E-state index is 0.00260. The zero-order valence-electron chi connectivity index (χ0n) is 8.16. The molecule has 78 valence electrons. The van der Waals surface area contributed by atoms with Crippen LogP contribution in [-0.2, 0) is 0 Å². The SMILES string of the molecule is O=C(O)c1cc2nc3ccccc3cn2n1. The van der Waals surface area contributed by atoms with Crippen LogP contribution in [0, 0.1) is 0 Å². The van der Waals surface area contributed by atoms with Gasteiger partial charge in [0.1, 0.15) is 0 Å². The molecule has 1 aromatic carbocycles. The van der Waals surface area contributed by atoms with Crippen molar-refractivity contribution in [3.8, 4) is 0 Å². The number of hydrogen-bond donors (Lipinski definition) is 1. The van der Waals surface area contributed by atoms with Crippen molar-refractivity contribution in [2.75, 3.05) is 0 Å². The van der Waals surface area contributed by atoms with Crippen LogP contribution in [-0.4, -0.2) is 25.7 Å². The summed E-state index contributed by atoms with van der Waals surface area (Å²) < 4.78 is 1.48. The Bertz CT molecular complexity index is 650. The van der Waals surface area contributed by atoms with Crippen molar-refractivity contribution in [2.45, 2.75) is 0 Å². The summed E-state index contributed by atoms with van der Waals surface area (Å²) in [6.07, 6.45) is 1.77. The third-order valence-electron chi connectivity index (χ3n) is 2.37. The summed E-state index contributed by atoms with van der Waals surface area (Å²) >= 11 is 0. The van der Waals surface area contributed by atoms with E-state index in [0.717, 1.165) is 10.9 Å². The summed E-state index contributed by atoms with van der Waals surface area (Å²) in [7, 11) is 0. The van der Waals surface area contributed by atoms with Crippen LogP contribution >= 0.6 is 0 Å². The van der Waals surface area contributed by atoms with Crippen molar-refractivity contribution in [1.29, 1.82) is 0 Å². The highest BCUT2D eigenvalue weighted by atomic mass is 16.4. The first kappa shape index (κ1) is 8.84. The van der Waals surface area contributed by atoms with Crippen molar-refractivity contribution < 1.29 is 9.90 Å². The highest BCUT2D eigenvalue weighted by Gasteiger charge is 2.09. The van der Waals surface area contributed by atoms with Crippen molar-refractivity contribution in [3.63, 3.8) is 0 Å². The number of hydrogen-bond acceptors (Lipinski definition) is 3. The monoisotopic (exact) mass is 213 g/mol. The van der Waals surface area contributed by atoms with E-state index in [2.05, 4.69) is 10.1 Å². The topological polar surface area (TPSA) is 67.5 Å². The number of aromatic carboxylic acids is 1.